The number of rotatable bonds is 6. The van der Waals surface area contributed by atoms with Crippen LogP contribution in [-0.4, -0.2) is 36.4 Å². The summed E-state index contributed by atoms with van der Waals surface area (Å²) in [5, 5.41) is 13.9. The van der Waals surface area contributed by atoms with Crippen molar-refractivity contribution >= 4 is 46.0 Å². The number of anilines is 1. The van der Waals surface area contributed by atoms with Crippen LogP contribution in [0.2, 0.25) is 5.02 Å². The van der Waals surface area contributed by atoms with Crippen LogP contribution < -0.4 is 5.32 Å². The molecule has 0 spiro atoms. The van der Waals surface area contributed by atoms with Crippen LogP contribution in [0, 0.1) is 6.92 Å². The molecular weight excluding hydrogens is 456 g/mol. The van der Waals surface area contributed by atoms with Gasteiger partial charge < -0.3 is 10.3 Å². The Hall–Kier alpha value is -3.62. The molecule has 1 amide bonds. The number of carbonyl (C=O) groups excluding carboxylic acids is 1. The van der Waals surface area contributed by atoms with Crippen molar-refractivity contribution < 1.29 is 4.79 Å². The Bertz CT molecular complexity index is 1440. The minimum atomic E-state index is -0.192. The van der Waals surface area contributed by atoms with E-state index in [4.69, 9.17) is 11.6 Å². The topological polar surface area (TPSA) is 88.5 Å². The maximum Gasteiger partial charge on any atom is 0.236 e. The molecule has 2 N–H and O–H groups in total. The van der Waals surface area contributed by atoms with Crippen molar-refractivity contribution in [2.24, 2.45) is 0 Å². The van der Waals surface area contributed by atoms with Gasteiger partial charge >= 0.3 is 0 Å². The van der Waals surface area contributed by atoms with Gasteiger partial charge in [0.1, 0.15) is 5.82 Å². The predicted octanol–water partition coefficient (Wildman–Crippen LogP) is 5.50. The molecule has 7 nitrogen and oxygen atoms in total. The highest BCUT2D eigenvalue weighted by Crippen LogP contribution is 2.32. The lowest BCUT2D eigenvalue weighted by Crippen LogP contribution is -2.15. The first-order valence-corrected chi connectivity index (χ1v) is 11.6. The van der Waals surface area contributed by atoms with E-state index in [1.807, 2.05) is 54.1 Å². The number of nitrogens with zero attached hydrogens (tertiary/aromatic N) is 4. The van der Waals surface area contributed by atoms with Gasteiger partial charge in [0.25, 0.3) is 0 Å². The van der Waals surface area contributed by atoms with Crippen molar-refractivity contribution in [3.8, 4) is 17.1 Å². The molecule has 5 aromatic rings. The molecule has 9 heteroatoms. The second-order valence-corrected chi connectivity index (χ2v) is 8.81. The fourth-order valence-electron chi connectivity index (χ4n) is 3.55. The number of H-pyrrole nitrogens is 1. The van der Waals surface area contributed by atoms with E-state index >= 15 is 0 Å². The van der Waals surface area contributed by atoms with E-state index in [0.717, 1.165) is 27.7 Å². The largest absolute Gasteiger partial charge is 0.360 e. The van der Waals surface area contributed by atoms with Crippen LogP contribution in [0.25, 0.3) is 28.0 Å². The highest BCUT2D eigenvalue weighted by Gasteiger charge is 2.20. The Balaban J connectivity index is 1.47. The molecule has 3 heterocycles. The number of fused-ring (bicyclic) bond motifs is 1. The molecule has 0 unspecified atom stereocenters. The first kappa shape index (κ1) is 21.2. The summed E-state index contributed by atoms with van der Waals surface area (Å²) < 4.78 is 1.99. The van der Waals surface area contributed by atoms with Gasteiger partial charge in [-0.2, -0.15) is 0 Å². The zero-order chi connectivity index (χ0) is 22.8. The zero-order valence-corrected chi connectivity index (χ0v) is 19.2. The normalized spacial score (nSPS) is 11.1. The molecule has 0 aliphatic heterocycles. The molecule has 33 heavy (non-hydrogen) atoms. The molecule has 2 aromatic carbocycles. The number of aryl methyl sites for hydroxylation is 1. The van der Waals surface area contributed by atoms with E-state index in [0.29, 0.717) is 21.8 Å². The fraction of sp³-hybridized carbons (Fsp3) is 0.0833. The summed E-state index contributed by atoms with van der Waals surface area (Å²) in [4.78, 5) is 19.9. The Kier molecular flexibility index (Phi) is 5.85. The number of aromatic amines is 1. The maximum atomic E-state index is 12.5. The van der Waals surface area contributed by atoms with E-state index in [2.05, 4.69) is 37.6 Å². The van der Waals surface area contributed by atoms with E-state index in [1.165, 1.54) is 18.0 Å². The molecule has 164 valence electrons. The summed E-state index contributed by atoms with van der Waals surface area (Å²) in [6.45, 7) is 2.04. The molecule has 0 aliphatic carbocycles. The number of thioether (sulfide) groups is 1. The number of hydrogen-bond acceptors (Lipinski definition) is 5. The van der Waals surface area contributed by atoms with Crippen LogP contribution in [-0.2, 0) is 4.79 Å². The van der Waals surface area contributed by atoms with Crippen molar-refractivity contribution in [1.82, 2.24) is 24.7 Å². The Labute approximate surface area is 199 Å². The molecular formula is C24H19ClN6OS. The molecule has 0 saturated carbocycles. The van der Waals surface area contributed by atoms with Gasteiger partial charge in [-0.3, -0.25) is 9.36 Å². The van der Waals surface area contributed by atoms with E-state index < -0.39 is 0 Å². The van der Waals surface area contributed by atoms with Gasteiger partial charge in [0.05, 0.1) is 10.8 Å². The molecule has 0 bridgehead atoms. The lowest BCUT2D eigenvalue weighted by Gasteiger charge is -2.11. The van der Waals surface area contributed by atoms with Crippen molar-refractivity contribution in [2.75, 3.05) is 11.1 Å². The number of amides is 1. The van der Waals surface area contributed by atoms with Gasteiger partial charge in [-0.15, -0.1) is 10.2 Å². The summed E-state index contributed by atoms with van der Waals surface area (Å²) >= 11 is 7.17. The number of nitrogens with one attached hydrogen (secondary N) is 2. The summed E-state index contributed by atoms with van der Waals surface area (Å²) in [6, 6.07) is 19.5. The summed E-state index contributed by atoms with van der Waals surface area (Å²) in [5.74, 6) is 1.12. The molecule has 0 atom stereocenters. The van der Waals surface area contributed by atoms with Crippen molar-refractivity contribution in [1.29, 1.82) is 0 Å². The molecule has 0 saturated heterocycles. The monoisotopic (exact) mass is 474 g/mol. The summed E-state index contributed by atoms with van der Waals surface area (Å²) in [5.41, 5.74) is 4.02. The van der Waals surface area contributed by atoms with Crippen molar-refractivity contribution in [3.05, 3.63) is 83.6 Å². The van der Waals surface area contributed by atoms with Crippen LogP contribution >= 0.6 is 23.4 Å². The zero-order valence-electron chi connectivity index (χ0n) is 17.6. The quantitative estimate of drug-likeness (QED) is 0.317. The van der Waals surface area contributed by atoms with E-state index in [-0.39, 0.29) is 11.7 Å². The molecule has 0 fully saturated rings. The number of halogens is 1. The second-order valence-electron chi connectivity index (χ2n) is 7.43. The number of hydrogen-bond donors (Lipinski definition) is 2. The van der Waals surface area contributed by atoms with Gasteiger partial charge in [0.15, 0.2) is 11.0 Å². The van der Waals surface area contributed by atoms with Crippen LogP contribution in [0.1, 0.15) is 5.56 Å². The molecule has 3 aromatic heterocycles. The Morgan fingerprint density at radius 2 is 2.00 bits per heavy atom. The van der Waals surface area contributed by atoms with Gasteiger partial charge in [0.2, 0.25) is 5.91 Å². The predicted molar refractivity (Wildman–Crippen MR) is 132 cm³/mol. The maximum absolute atomic E-state index is 12.5. The smallest absolute Gasteiger partial charge is 0.236 e. The number of carbonyl (C=O) groups is 1. The first-order chi connectivity index (χ1) is 16.1. The SMILES string of the molecule is Cc1cccc(-n2c(SCC(=O)Nc3ccc(Cl)cn3)nnc2-c2c[nH]c3ccccc23)c1. The Morgan fingerprint density at radius 3 is 2.82 bits per heavy atom. The van der Waals surface area contributed by atoms with Crippen LogP contribution in [0.5, 0.6) is 0 Å². The van der Waals surface area contributed by atoms with Gasteiger partial charge in [-0.05, 0) is 42.8 Å². The van der Waals surface area contributed by atoms with Crippen molar-refractivity contribution in [2.45, 2.75) is 12.1 Å². The average Bonchev–Trinajstić information content (AvgIpc) is 3.43. The minimum Gasteiger partial charge on any atom is -0.360 e. The van der Waals surface area contributed by atoms with E-state index in [9.17, 15) is 4.79 Å². The second kappa shape index (κ2) is 9.09. The minimum absolute atomic E-state index is 0.155. The average molecular weight is 475 g/mol. The lowest BCUT2D eigenvalue weighted by atomic mass is 10.1. The number of para-hydroxylation sites is 1. The summed E-state index contributed by atoms with van der Waals surface area (Å²) in [6.07, 6.45) is 3.43. The number of benzene rings is 2. The first-order valence-electron chi connectivity index (χ1n) is 10.2. The lowest BCUT2D eigenvalue weighted by molar-refractivity contribution is -0.113. The van der Waals surface area contributed by atoms with E-state index in [1.54, 1.807) is 12.1 Å². The summed E-state index contributed by atoms with van der Waals surface area (Å²) in [7, 11) is 0. The number of pyridine rings is 1. The van der Waals surface area contributed by atoms with Crippen LogP contribution in [0.3, 0.4) is 0 Å². The third kappa shape index (κ3) is 4.48. The third-order valence-corrected chi connectivity index (χ3v) is 6.20. The number of aromatic nitrogens is 5. The van der Waals surface area contributed by atoms with Crippen LogP contribution in [0.4, 0.5) is 5.82 Å². The van der Waals surface area contributed by atoms with Crippen LogP contribution in [0.15, 0.2) is 78.2 Å². The molecule has 0 aliphatic rings. The van der Waals surface area contributed by atoms with Gasteiger partial charge in [-0.1, -0.05) is 53.7 Å². The van der Waals surface area contributed by atoms with Gasteiger partial charge in [-0.25, -0.2) is 4.98 Å². The highest BCUT2D eigenvalue weighted by molar-refractivity contribution is 7.99. The molecule has 0 radical (unpaired) electrons. The molecule has 5 rings (SSSR count). The van der Waals surface area contributed by atoms with Gasteiger partial charge in [0, 0.05) is 34.5 Å². The standard InChI is InChI=1S/C24H19ClN6OS/c1-15-5-4-6-17(11-15)31-23(19-13-26-20-8-3-2-7-18(19)20)29-30-24(31)33-14-22(32)28-21-10-9-16(25)12-27-21/h2-13,26H,14H2,1H3,(H,27,28,32). The Morgan fingerprint density at radius 1 is 1.12 bits per heavy atom. The van der Waals surface area contributed by atoms with Crippen molar-refractivity contribution in [3.63, 3.8) is 0 Å². The fourth-order valence-corrected chi connectivity index (χ4v) is 4.42. The third-order valence-electron chi connectivity index (χ3n) is 5.05. The highest BCUT2D eigenvalue weighted by atomic mass is 35.5.